The van der Waals surface area contributed by atoms with Gasteiger partial charge >= 0.3 is 5.97 Å². The first-order valence-electron chi connectivity index (χ1n) is 13.4. The molecule has 0 fully saturated rings. The van der Waals surface area contributed by atoms with Gasteiger partial charge in [0.1, 0.15) is 17.2 Å². The number of unbranched alkanes of at least 4 members (excludes halogenated alkanes) is 5. The van der Waals surface area contributed by atoms with Crippen LogP contribution in [0.15, 0.2) is 66.7 Å². The average Bonchev–Trinajstić information content (AvgIpc) is 2.92. The zero-order chi connectivity index (χ0) is 28.0. The number of quaternary nitrogens is 1. The van der Waals surface area contributed by atoms with Crippen LogP contribution < -0.4 is 19.7 Å². The van der Waals surface area contributed by atoms with Crippen molar-refractivity contribution in [2.45, 2.75) is 44.9 Å². The highest BCUT2D eigenvalue weighted by Gasteiger charge is 2.15. The molecule has 6 nitrogen and oxygen atoms in total. The van der Waals surface area contributed by atoms with Crippen LogP contribution in [0.4, 0.5) is 5.69 Å². The number of esters is 1. The van der Waals surface area contributed by atoms with Crippen molar-refractivity contribution >= 4 is 40.8 Å². The maximum absolute atomic E-state index is 12.3. The molecule has 0 heterocycles. The molecule has 0 saturated carbocycles. The molecule has 0 aliphatic rings. The minimum atomic E-state index is -0.565. The van der Waals surface area contributed by atoms with E-state index in [0.717, 1.165) is 56.4 Å². The van der Waals surface area contributed by atoms with Crippen LogP contribution in [-0.4, -0.2) is 39.1 Å². The van der Waals surface area contributed by atoms with E-state index >= 15 is 0 Å². The van der Waals surface area contributed by atoms with Gasteiger partial charge in [-0.1, -0.05) is 67.1 Å². The summed E-state index contributed by atoms with van der Waals surface area (Å²) in [6.07, 6.45) is 6.85. The van der Waals surface area contributed by atoms with Gasteiger partial charge in [-0.25, -0.2) is 4.79 Å². The Morgan fingerprint density at radius 2 is 1.44 bits per heavy atom. The third kappa shape index (κ3) is 10.6. The summed E-state index contributed by atoms with van der Waals surface area (Å²) in [7, 11) is 4.17. The Kier molecular flexibility index (Phi) is 12.6. The summed E-state index contributed by atoms with van der Waals surface area (Å²) >= 11 is 12.0. The molecular formula is C31H37Cl2N2O4+. The number of benzene rings is 3. The van der Waals surface area contributed by atoms with Crippen molar-refractivity contribution in [2.24, 2.45) is 0 Å². The molecule has 0 spiro atoms. The number of carbonyl (C=O) groups excluding carboxylic acids is 2. The lowest BCUT2D eigenvalue weighted by Crippen LogP contribution is -3.00. The van der Waals surface area contributed by atoms with Crippen LogP contribution >= 0.6 is 23.2 Å². The standard InChI is InChI=1S/C31H36Cl2N2O4/c1-35(2)24-14-12-23(13-15-24)22-29(36)34-20-7-5-3-4-6-8-21-38-25-16-18-26(19-17-25)39-31(37)27-10-9-11-28(32)30(27)33/h9-19H,3-8,20-22H2,1-2H3,(H,34,36)/p+1. The molecule has 0 aliphatic carbocycles. The summed E-state index contributed by atoms with van der Waals surface area (Å²) in [6, 6.07) is 19.9. The van der Waals surface area contributed by atoms with Crippen molar-refractivity contribution in [3.63, 3.8) is 0 Å². The second-order valence-electron chi connectivity index (χ2n) is 9.66. The van der Waals surface area contributed by atoms with E-state index in [1.165, 1.54) is 10.6 Å². The Morgan fingerprint density at radius 1 is 0.795 bits per heavy atom. The second-order valence-corrected chi connectivity index (χ2v) is 10.4. The average molecular weight is 573 g/mol. The summed E-state index contributed by atoms with van der Waals surface area (Å²) in [5.74, 6) is 0.638. The van der Waals surface area contributed by atoms with Crippen molar-refractivity contribution in [3.8, 4) is 11.5 Å². The lowest BCUT2D eigenvalue weighted by Gasteiger charge is -2.09. The fraction of sp³-hybridized carbons (Fsp3) is 0.355. The summed E-state index contributed by atoms with van der Waals surface area (Å²) in [5.41, 5.74) is 2.47. The van der Waals surface area contributed by atoms with Crippen LogP contribution in [0.1, 0.15) is 54.4 Å². The van der Waals surface area contributed by atoms with Gasteiger partial charge in [-0.05, 0) is 66.9 Å². The minimum absolute atomic E-state index is 0.0776. The summed E-state index contributed by atoms with van der Waals surface area (Å²) in [5, 5.41) is 3.50. The number of carbonyl (C=O) groups is 2. The van der Waals surface area contributed by atoms with Gasteiger partial charge in [0.2, 0.25) is 5.91 Å². The van der Waals surface area contributed by atoms with Gasteiger partial charge in [0.05, 0.1) is 42.7 Å². The molecule has 3 aromatic rings. The van der Waals surface area contributed by atoms with E-state index in [1.54, 1.807) is 42.5 Å². The van der Waals surface area contributed by atoms with Crippen molar-refractivity contribution in [2.75, 3.05) is 27.2 Å². The van der Waals surface area contributed by atoms with Crippen LogP contribution in [0.25, 0.3) is 0 Å². The normalized spacial score (nSPS) is 10.9. The van der Waals surface area contributed by atoms with E-state index in [-0.39, 0.29) is 16.5 Å². The number of hydrogen-bond acceptors (Lipinski definition) is 4. The van der Waals surface area contributed by atoms with Crippen LogP contribution in [-0.2, 0) is 11.2 Å². The fourth-order valence-corrected chi connectivity index (χ4v) is 4.36. The molecule has 39 heavy (non-hydrogen) atoms. The van der Waals surface area contributed by atoms with Crippen LogP contribution in [0.5, 0.6) is 11.5 Å². The quantitative estimate of drug-likeness (QED) is 0.132. The maximum Gasteiger partial charge on any atom is 0.345 e. The van der Waals surface area contributed by atoms with E-state index in [4.69, 9.17) is 32.7 Å². The lowest BCUT2D eigenvalue weighted by molar-refractivity contribution is -0.786. The number of halogens is 2. The first-order valence-corrected chi connectivity index (χ1v) is 14.1. The molecule has 8 heteroatoms. The van der Waals surface area contributed by atoms with Gasteiger partial charge in [-0.15, -0.1) is 0 Å². The highest BCUT2D eigenvalue weighted by molar-refractivity contribution is 6.43. The van der Waals surface area contributed by atoms with Crippen LogP contribution in [0.2, 0.25) is 10.0 Å². The van der Waals surface area contributed by atoms with Crippen molar-refractivity contribution in [1.29, 1.82) is 0 Å². The number of nitrogens with one attached hydrogen (secondary N) is 2. The van der Waals surface area contributed by atoms with E-state index < -0.39 is 5.97 Å². The second kappa shape index (κ2) is 16.1. The van der Waals surface area contributed by atoms with Gasteiger partial charge in [0.25, 0.3) is 0 Å². The number of hydrogen-bond donors (Lipinski definition) is 2. The zero-order valence-corrected chi connectivity index (χ0v) is 24.1. The summed E-state index contributed by atoms with van der Waals surface area (Å²) in [6.45, 7) is 1.35. The van der Waals surface area contributed by atoms with E-state index in [9.17, 15) is 9.59 Å². The van der Waals surface area contributed by atoms with Crippen LogP contribution in [0.3, 0.4) is 0 Å². The van der Waals surface area contributed by atoms with E-state index in [2.05, 4.69) is 31.5 Å². The topological polar surface area (TPSA) is 69.1 Å². The fourth-order valence-electron chi connectivity index (χ4n) is 3.98. The maximum atomic E-state index is 12.3. The Morgan fingerprint density at radius 3 is 2.13 bits per heavy atom. The third-order valence-corrected chi connectivity index (χ3v) is 7.08. The molecule has 0 radical (unpaired) electrons. The molecule has 0 aliphatic heterocycles. The van der Waals surface area contributed by atoms with Gasteiger partial charge < -0.3 is 19.7 Å². The highest BCUT2D eigenvalue weighted by Crippen LogP contribution is 2.27. The van der Waals surface area contributed by atoms with Crippen molar-refractivity contribution < 1.29 is 24.0 Å². The predicted octanol–water partition coefficient (Wildman–Crippen LogP) is 6.07. The molecule has 0 unspecified atom stereocenters. The molecular weight excluding hydrogens is 535 g/mol. The monoisotopic (exact) mass is 571 g/mol. The molecule has 208 valence electrons. The predicted molar refractivity (Wildman–Crippen MR) is 157 cm³/mol. The third-order valence-electron chi connectivity index (χ3n) is 6.26. The molecule has 0 saturated heterocycles. The van der Waals surface area contributed by atoms with E-state index in [0.29, 0.717) is 23.8 Å². The van der Waals surface area contributed by atoms with Crippen LogP contribution in [0, 0.1) is 0 Å². The molecule has 3 aromatic carbocycles. The van der Waals surface area contributed by atoms with E-state index in [1.807, 2.05) is 12.1 Å². The molecule has 2 N–H and O–H groups in total. The minimum Gasteiger partial charge on any atom is -0.494 e. The molecule has 0 aromatic heterocycles. The Hall–Kier alpha value is -3.06. The Bertz CT molecular complexity index is 1200. The van der Waals surface area contributed by atoms with Gasteiger partial charge in [-0.3, -0.25) is 4.79 Å². The smallest absolute Gasteiger partial charge is 0.345 e. The Labute approximate surface area is 241 Å². The highest BCUT2D eigenvalue weighted by atomic mass is 35.5. The zero-order valence-electron chi connectivity index (χ0n) is 22.6. The summed E-state index contributed by atoms with van der Waals surface area (Å²) < 4.78 is 11.2. The van der Waals surface area contributed by atoms with Gasteiger partial charge in [0, 0.05) is 6.54 Å². The number of amides is 1. The molecule has 3 rings (SSSR count). The molecule has 0 bridgehead atoms. The van der Waals surface area contributed by atoms with Gasteiger partial charge in [-0.2, -0.15) is 0 Å². The van der Waals surface area contributed by atoms with Crippen molar-refractivity contribution in [1.82, 2.24) is 5.32 Å². The first kappa shape index (κ1) is 30.5. The lowest BCUT2D eigenvalue weighted by atomic mass is 10.1. The number of rotatable bonds is 15. The first-order chi connectivity index (χ1) is 18.8. The molecule has 1 amide bonds. The molecule has 0 atom stereocenters. The Balaban J connectivity index is 1.20. The van der Waals surface area contributed by atoms with Gasteiger partial charge in [0.15, 0.2) is 0 Å². The van der Waals surface area contributed by atoms with Crippen molar-refractivity contribution in [3.05, 3.63) is 87.9 Å². The number of ether oxygens (including phenoxy) is 2. The SMILES string of the molecule is C[NH+](C)c1ccc(CC(=O)NCCCCCCCCOc2ccc(OC(=O)c3cccc(Cl)c3Cl)cc2)cc1. The largest absolute Gasteiger partial charge is 0.494 e. The summed E-state index contributed by atoms with van der Waals surface area (Å²) in [4.78, 5) is 25.7.